The number of aryl methyl sites for hydroxylation is 4. The van der Waals surface area contributed by atoms with Crippen molar-refractivity contribution >= 4 is 0 Å². The molecule has 1 N–H and O–H groups in total. The first kappa shape index (κ1) is 16.0. The third kappa shape index (κ3) is 3.83. The van der Waals surface area contributed by atoms with Crippen molar-refractivity contribution in [3.05, 3.63) is 65.2 Å². The van der Waals surface area contributed by atoms with Gasteiger partial charge in [-0.25, -0.2) is 9.36 Å². The fraction of sp³-hybridized carbons (Fsp3) is 0.294. The molecule has 0 aliphatic rings. The molecular formula is C17H22N4O. The third-order valence-corrected chi connectivity index (χ3v) is 3.25. The number of benzene rings is 1. The van der Waals surface area contributed by atoms with E-state index in [0.29, 0.717) is 0 Å². The maximum absolute atomic E-state index is 8.63. The Balaban J connectivity index is 0.000000172. The number of hydrogen-bond acceptors (Lipinski definition) is 3. The van der Waals surface area contributed by atoms with Gasteiger partial charge < -0.3 is 5.11 Å². The van der Waals surface area contributed by atoms with E-state index in [1.54, 1.807) is 4.68 Å². The first-order valence-corrected chi connectivity index (χ1v) is 7.22. The molecule has 116 valence electrons. The molecule has 2 heterocycles. The lowest BCUT2D eigenvalue weighted by atomic mass is 10.3. The summed E-state index contributed by atoms with van der Waals surface area (Å²) >= 11 is 0. The van der Waals surface area contributed by atoms with Gasteiger partial charge in [0.1, 0.15) is 6.73 Å². The van der Waals surface area contributed by atoms with E-state index in [9.17, 15) is 0 Å². The van der Waals surface area contributed by atoms with Crippen LogP contribution >= 0.6 is 0 Å². The summed E-state index contributed by atoms with van der Waals surface area (Å²) in [7, 11) is 0. The molecule has 5 nitrogen and oxygen atoms in total. The molecule has 0 unspecified atom stereocenters. The van der Waals surface area contributed by atoms with Crippen molar-refractivity contribution in [2.24, 2.45) is 0 Å². The number of nitrogens with zero attached hydrogens (tertiary/aromatic N) is 4. The Hall–Kier alpha value is -2.40. The average molecular weight is 298 g/mol. The largest absolute Gasteiger partial charge is 0.374 e. The van der Waals surface area contributed by atoms with E-state index in [0.717, 1.165) is 22.8 Å². The van der Waals surface area contributed by atoms with Crippen LogP contribution in [0.15, 0.2) is 42.5 Å². The molecule has 22 heavy (non-hydrogen) atoms. The summed E-state index contributed by atoms with van der Waals surface area (Å²) < 4.78 is 3.50. The van der Waals surface area contributed by atoms with Crippen LogP contribution in [-0.2, 0) is 6.73 Å². The van der Waals surface area contributed by atoms with Gasteiger partial charge in [0.25, 0.3) is 0 Å². The summed E-state index contributed by atoms with van der Waals surface area (Å²) in [6, 6.07) is 14.2. The van der Waals surface area contributed by atoms with Crippen LogP contribution in [-0.4, -0.2) is 24.7 Å². The van der Waals surface area contributed by atoms with Crippen molar-refractivity contribution in [2.45, 2.75) is 34.4 Å². The van der Waals surface area contributed by atoms with Crippen LogP contribution in [0.3, 0.4) is 0 Å². The maximum atomic E-state index is 8.63. The molecule has 0 atom stereocenters. The van der Waals surface area contributed by atoms with Gasteiger partial charge >= 0.3 is 0 Å². The first-order chi connectivity index (χ1) is 10.5. The van der Waals surface area contributed by atoms with Crippen molar-refractivity contribution in [3.8, 4) is 5.69 Å². The van der Waals surface area contributed by atoms with E-state index < -0.39 is 0 Å². The molecule has 0 radical (unpaired) electrons. The molecule has 0 saturated heterocycles. The van der Waals surface area contributed by atoms with Gasteiger partial charge in [0.15, 0.2) is 0 Å². The van der Waals surface area contributed by atoms with E-state index in [2.05, 4.69) is 35.3 Å². The van der Waals surface area contributed by atoms with Crippen LogP contribution in [0.5, 0.6) is 0 Å². The van der Waals surface area contributed by atoms with Crippen LogP contribution in [0.25, 0.3) is 5.69 Å². The molecule has 3 rings (SSSR count). The van der Waals surface area contributed by atoms with Gasteiger partial charge in [0.05, 0.1) is 17.1 Å². The van der Waals surface area contributed by atoms with Gasteiger partial charge in [0, 0.05) is 11.4 Å². The molecular weight excluding hydrogens is 276 g/mol. The van der Waals surface area contributed by atoms with Crippen LogP contribution in [0, 0.1) is 27.7 Å². The van der Waals surface area contributed by atoms with E-state index >= 15 is 0 Å². The minimum Gasteiger partial charge on any atom is -0.374 e. The number of aromatic nitrogens is 4. The Morgan fingerprint density at radius 2 is 1.45 bits per heavy atom. The van der Waals surface area contributed by atoms with Crippen LogP contribution < -0.4 is 0 Å². The molecule has 0 aliphatic carbocycles. The summed E-state index contributed by atoms with van der Waals surface area (Å²) in [5.41, 5.74) is 5.29. The van der Waals surface area contributed by atoms with Gasteiger partial charge in [-0.05, 0) is 52.0 Å². The van der Waals surface area contributed by atoms with Gasteiger partial charge in [-0.3, -0.25) is 0 Å². The highest BCUT2D eigenvalue weighted by Gasteiger charge is 2.01. The van der Waals surface area contributed by atoms with Crippen molar-refractivity contribution < 1.29 is 5.11 Å². The lowest BCUT2D eigenvalue weighted by Crippen LogP contribution is -2.00. The van der Waals surface area contributed by atoms with Crippen LogP contribution in [0.1, 0.15) is 22.8 Å². The summed E-state index contributed by atoms with van der Waals surface area (Å²) in [4.78, 5) is 0. The third-order valence-electron chi connectivity index (χ3n) is 3.25. The average Bonchev–Trinajstić information content (AvgIpc) is 3.01. The lowest BCUT2D eigenvalue weighted by molar-refractivity contribution is 0.192. The van der Waals surface area contributed by atoms with Crippen molar-refractivity contribution in [2.75, 3.05) is 0 Å². The number of aliphatic hydroxyl groups is 1. The number of para-hydroxylation sites is 1. The maximum Gasteiger partial charge on any atom is 0.136 e. The van der Waals surface area contributed by atoms with Gasteiger partial charge in [0.2, 0.25) is 0 Å². The molecule has 1 aromatic carbocycles. The molecule has 3 aromatic rings. The predicted molar refractivity (Wildman–Crippen MR) is 87.0 cm³/mol. The van der Waals surface area contributed by atoms with E-state index in [1.807, 2.05) is 49.7 Å². The molecule has 0 spiro atoms. The zero-order valence-electron chi connectivity index (χ0n) is 13.5. The molecule has 0 fully saturated rings. The SMILES string of the molecule is Cc1cc(C)n(-c2ccccc2)n1.Cc1cc(C)n(CO)n1. The molecule has 2 aromatic heterocycles. The summed E-state index contributed by atoms with van der Waals surface area (Å²) in [6.45, 7) is 7.86. The summed E-state index contributed by atoms with van der Waals surface area (Å²) in [5.74, 6) is 0. The first-order valence-electron chi connectivity index (χ1n) is 7.22. The lowest BCUT2D eigenvalue weighted by Gasteiger charge is -2.02. The van der Waals surface area contributed by atoms with Crippen molar-refractivity contribution in [1.29, 1.82) is 0 Å². The second-order valence-corrected chi connectivity index (χ2v) is 5.24. The predicted octanol–water partition coefficient (Wildman–Crippen LogP) is 2.94. The smallest absolute Gasteiger partial charge is 0.136 e. The van der Waals surface area contributed by atoms with E-state index in [1.165, 1.54) is 5.69 Å². The Morgan fingerprint density at radius 1 is 0.864 bits per heavy atom. The monoisotopic (exact) mass is 298 g/mol. The fourth-order valence-corrected chi connectivity index (χ4v) is 2.28. The van der Waals surface area contributed by atoms with Gasteiger partial charge in [-0.2, -0.15) is 10.2 Å². The Kier molecular flexibility index (Phi) is 5.12. The molecule has 0 saturated carbocycles. The zero-order valence-corrected chi connectivity index (χ0v) is 13.5. The Morgan fingerprint density at radius 3 is 1.86 bits per heavy atom. The number of hydrogen-bond donors (Lipinski definition) is 1. The number of rotatable bonds is 2. The van der Waals surface area contributed by atoms with Crippen molar-refractivity contribution in [3.63, 3.8) is 0 Å². The van der Waals surface area contributed by atoms with Gasteiger partial charge in [-0.1, -0.05) is 18.2 Å². The molecule has 5 heteroatoms. The zero-order chi connectivity index (χ0) is 16.1. The standard InChI is InChI=1S/C11H12N2.C6H10N2O/c1-9-8-10(2)13(12-9)11-6-4-3-5-7-11;1-5-3-6(2)8(4-9)7-5/h3-8H,1-2H3;3,9H,4H2,1-2H3. The topological polar surface area (TPSA) is 55.9 Å². The minimum absolute atomic E-state index is 0.0281. The van der Waals surface area contributed by atoms with E-state index in [-0.39, 0.29) is 6.73 Å². The normalized spacial score (nSPS) is 10.2. The van der Waals surface area contributed by atoms with Crippen LogP contribution in [0.4, 0.5) is 0 Å². The quantitative estimate of drug-likeness (QED) is 0.791. The van der Waals surface area contributed by atoms with Gasteiger partial charge in [-0.15, -0.1) is 0 Å². The second kappa shape index (κ2) is 7.04. The fourth-order valence-electron chi connectivity index (χ4n) is 2.28. The molecule has 0 aliphatic heterocycles. The number of aliphatic hydroxyl groups excluding tert-OH is 1. The summed E-state index contributed by atoms with van der Waals surface area (Å²) in [6.07, 6.45) is 0. The molecule has 0 amide bonds. The summed E-state index contributed by atoms with van der Waals surface area (Å²) in [5, 5.41) is 17.0. The van der Waals surface area contributed by atoms with Crippen molar-refractivity contribution in [1.82, 2.24) is 19.6 Å². The second-order valence-electron chi connectivity index (χ2n) is 5.24. The highest BCUT2D eigenvalue weighted by atomic mass is 16.3. The Labute approximate surface area is 130 Å². The van der Waals surface area contributed by atoms with E-state index in [4.69, 9.17) is 5.11 Å². The molecule has 0 bridgehead atoms. The highest BCUT2D eigenvalue weighted by Crippen LogP contribution is 2.10. The minimum atomic E-state index is -0.0281. The highest BCUT2D eigenvalue weighted by molar-refractivity contribution is 5.32. The van der Waals surface area contributed by atoms with Crippen LogP contribution in [0.2, 0.25) is 0 Å². The Bertz CT molecular complexity index is 728.